The highest BCUT2D eigenvalue weighted by atomic mass is 35.5. The third-order valence-electron chi connectivity index (χ3n) is 5.58. The molecule has 188 valence electrons. The third-order valence-corrected chi connectivity index (χ3v) is 5.81. The van der Waals surface area contributed by atoms with E-state index in [1.165, 1.54) is 29.1 Å². The smallest absolute Gasteiger partial charge is 0.282 e. The van der Waals surface area contributed by atoms with Gasteiger partial charge < -0.3 is 10.1 Å². The molecule has 9 heteroatoms. The van der Waals surface area contributed by atoms with Crippen molar-refractivity contribution in [3.8, 4) is 17.1 Å². The van der Waals surface area contributed by atoms with Gasteiger partial charge in [-0.3, -0.25) is 9.59 Å². The molecule has 0 saturated heterocycles. The van der Waals surface area contributed by atoms with Gasteiger partial charge in [-0.05, 0) is 42.5 Å². The molecule has 1 aromatic heterocycles. The van der Waals surface area contributed by atoms with Crippen molar-refractivity contribution in [2.75, 3.05) is 11.9 Å². The molecule has 0 fully saturated rings. The second kappa shape index (κ2) is 11.1. The maximum Gasteiger partial charge on any atom is 0.282 e. The molecule has 0 radical (unpaired) electrons. The number of para-hydroxylation sites is 2. The molecule has 0 aliphatic rings. The van der Waals surface area contributed by atoms with Crippen molar-refractivity contribution in [1.29, 1.82) is 0 Å². The molecule has 1 heterocycles. The zero-order chi connectivity index (χ0) is 26.5. The summed E-state index contributed by atoms with van der Waals surface area (Å²) in [6.45, 7) is -0.385. The maximum atomic E-state index is 13.8. The zero-order valence-electron chi connectivity index (χ0n) is 19.8. The lowest BCUT2D eigenvalue weighted by Crippen LogP contribution is -2.21. The zero-order valence-corrected chi connectivity index (χ0v) is 20.6. The summed E-state index contributed by atoms with van der Waals surface area (Å²) in [5.74, 6) is -0.442. The number of amides is 1. The highest BCUT2D eigenvalue weighted by Crippen LogP contribution is 2.23. The van der Waals surface area contributed by atoms with E-state index in [2.05, 4.69) is 15.4 Å². The van der Waals surface area contributed by atoms with Gasteiger partial charge in [-0.25, -0.2) is 9.37 Å². The Morgan fingerprint density at radius 3 is 2.55 bits per heavy atom. The number of nitrogens with zero attached hydrogens (tertiary/aromatic N) is 3. The fraction of sp³-hybridized carbons (Fsp3) is 0.0345. The summed E-state index contributed by atoms with van der Waals surface area (Å²) in [6.07, 6.45) is 1.42. The Morgan fingerprint density at radius 1 is 1.00 bits per heavy atom. The quantitative estimate of drug-likeness (QED) is 0.273. The molecule has 38 heavy (non-hydrogen) atoms. The molecule has 5 aromatic rings. The molecule has 1 amide bonds. The average Bonchev–Trinajstić information content (AvgIpc) is 2.93. The first-order valence-corrected chi connectivity index (χ1v) is 12.0. The molecule has 1 N–H and O–H groups in total. The number of carbonyl (C=O) groups excluding carboxylic acids is 1. The van der Waals surface area contributed by atoms with Crippen LogP contribution in [-0.2, 0) is 4.79 Å². The van der Waals surface area contributed by atoms with Gasteiger partial charge in [-0.1, -0.05) is 66.2 Å². The number of aromatic nitrogens is 2. The normalized spacial score (nSPS) is 11.1. The first-order valence-electron chi connectivity index (χ1n) is 11.6. The van der Waals surface area contributed by atoms with Gasteiger partial charge in [0.25, 0.3) is 11.5 Å². The second-order valence-corrected chi connectivity index (χ2v) is 8.62. The molecule has 0 aliphatic carbocycles. The summed E-state index contributed by atoms with van der Waals surface area (Å²) >= 11 is 6.20. The number of halogens is 2. The fourth-order valence-corrected chi connectivity index (χ4v) is 3.95. The van der Waals surface area contributed by atoms with Crippen LogP contribution in [0.15, 0.2) is 107 Å². The fourth-order valence-electron chi connectivity index (χ4n) is 3.77. The van der Waals surface area contributed by atoms with Crippen LogP contribution in [0.5, 0.6) is 5.75 Å². The van der Waals surface area contributed by atoms with Gasteiger partial charge in [0.05, 0.1) is 22.8 Å². The topological polar surface area (TPSA) is 85.6 Å². The van der Waals surface area contributed by atoms with Crippen LogP contribution in [0.1, 0.15) is 5.56 Å². The highest BCUT2D eigenvalue weighted by Gasteiger charge is 2.13. The minimum Gasteiger partial charge on any atom is -0.483 e. The Balaban J connectivity index is 1.47. The van der Waals surface area contributed by atoms with Crippen molar-refractivity contribution in [2.45, 2.75) is 0 Å². The maximum absolute atomic E-state index is 13.8. The number of ether oxygens (including phenoxy) is 1. The Hall–Kier alpha value is -4.82. The summed E-state index contributed by atoms with van der Waals surface area (Å²) in [5.41, 5.74) is 1.39. The van der Waals surface area contributed by atoms with E-state index < -0.39 is 11.7 Å². The predicted octanol–water partition coefficient (Wildman–Crippen LogP) is 5.76. The van der Waals surface area contributed by atoms with Crippen molar-refractivity contribution < 1.29 is 13.9 Å². The van der Waals surface area contributed by atoms with Crippen LogP contribution >= 0.6 is 11.6 Å². The van der Waals surface area contributed by atoms with Crippen LogP contribution in [-0.4, -0.2) is 28.4 Å². The van der Waals surface area contributed by atoms with E-state index in [1.807, 2.05) is 36.4 Å². The summed E-state index contributed by atoms with van der Waals surface area (Å²) in [4.78, 5) is 30.4. The van der Waals surface area contributed by atoms with Crippen molar-refractivity contribution >= 4 is 40.3 Å². The van der Waals surface area contributed by atoms with Crippen LogP contribution in [0.25, 0.3) is 22.3 Å². The number of rotatable bonds is 7. The Morgan fingerprint density at radius 2 is 1.74 bits per heavy atom. The molecule has 0 aliphatic heterocycles. The van der Waals surface area contributed by atoms with E-state index in [9.17, 15) is 14.0 Å². The summed E-state index contributed by atoms with van der Waals surface area (Å²) < 4.78 is 20.7. The van der Waals surface area contributed by atoms with Crippen LogP contribution < -0.4 is 15.6 Å². The molecule has 0 saturated carbocycles. The Bertz CT molecular complexity index is 1720. The minimum atomic E-state index is -0.552. The SMILES string of the molecule is O=C(COc1ccc(Cl)cc1C=Nn1c(-c2ccccc2)nc2ccccc2c1=O)Nc1ccccc1F. The number of anilines is 1. The lowest BCUT2D eigenvalue weighted by Gasteiger charge is -2.11. The second-order valence-electron chi connectivity index (χ2n) is 8.18. The number of hydrogen-bond donors (Lipinski definition) is 1. The number of benzene rings is 4. The van der Waals surface area contributed by atoms with Gasteiger partial charge in [0.2, 0.25) is 0 Å². The van der Waals surface area contributed by atoms with Crippen molar-refractivity contribution in [3.05, 3.63) is 124 Å². The number of fused-ring (bicyclic) bond motifs is 1. The van der Waals surface area contributed by atoms with E-state index in [0.29, 0.717) is 38.6 Å². The Kier molecular flexibility index (Phi) is 7.24. The van der Waals surface area contributed by atoms with Crippen molar-refractivity contribution in [1.82, 2.24) is 9.66 Å². The van der Waals surface area contributed by atoms with Gasteiger partial charge >= 0.3 is 0 Å². The first kappa shape index (κ1) is 24.9. The van der Waals surface area contributed by atoms with E-state index in [4.69, 9.17) is 16.3 Å². The standard InChI is InChI=1S/C29H20ClFN4O3/c30-21-14-15-26(38-18-27(36)33-25-13-7-5-11-23(25)31)20(16-21)17-32-35-28(19-8-2-1-3-9-19)34-24-12-6-4-10-22(24)29(35)37/h1-17H,18H2,(H,33,36). The molecule has 0 bridgehead atoms. The van der Waals surface area contributed by atoms with Crippen LogP contribution in [0.3, 0.4) is 0 Å². The molecule has 7 nitrogen and oxygen atoms in total. The van der Waals surface area contributed by atoms with Gasteiger partial charge in [0.1, 0.15) is 11.6 Å². The summed E-state index contributed by atoms with van der Waals surface area (Å²) in [5, 5.41) is 7.72. The molecule has 0 atom stereocenters. The molecular weight excluding hydrogens is 507 g/mol. The van der Waals surface area contributed by atoms with Crippen molar-refractivity contribution in [2.24, 2.45) is 5.10 Å². The molecule has 0 spiro atoms. The molecule has 4 aromatic carbocycles. The largest absolute Gasteiger partial charge is 0.483 e. The van der Waals surface area contributed by atoms with Crippen LogP contribution in [0, 0.1) is 5.82 Å². The summed E-state index contributed by atoms with van der Waals surface area (Å²) in [6, 6.07) is 26.9. The minimum absolute atomic E-state index is 0.0515. The highest BCUT2D eigenvalue weighted by molar-refractivity contribution is 6.30. The summed E-state index contributed by atoms with van der Waals surface area (Å²) in [7, 11) is 0. The average molecular weight is 527 g/mol. The van der Waals surface area contributed by atoms with E-state index in [0.717, 1.165) is 0 Å². The van der Waals surface area contributed by atoms with Gasteiger partial charge in [-0.15, -0.1) is 0 Å². The van der Waals surface area contributed by atoms with Crippen molar-refractivity contribution in [3.63, 3.8) is 0 Å². The van der Waals surface area contributed by atoms with E-state index in [-0.39, 0.29) is 17.9 Å². The monoisotopic (exact) mass is 526 g/mol. The van der Waals surface area contributed by atoms with E-state index in [1.54, 1.807) is 42.5 Å². The lowest BCUT2D eigenvalue weighted by atomic mass is 10.2. The van der Waals surface area contributed by atoms with E-state index >= 15 is 0 Å². The predicted molar refractivity (Wildman–Crippen MR) is 146 cm³/mol. The Labute approximate surface area is 221 Å². The van der Waals surface area contributed by atoms with Crippen LogP contribution in [0.4, 0.5) is 10.1 Å². The lowest BCUT2D eigenvalue weighted by molar-refractivity contribution is -0.118. The molecule has 0 unspecified atom stereocenters. The molecule has 5 rings (SSSR count). The van der Waals surface area contributed by atoms with Gasteiger partial charge in [-0.2, -0.15) is 9.78 Å². The number of nitrogens with one attached hydrogen (secondary N) is 1. The number of hydrogen-bond acceptors (Lipinski definition) is 5. The number of carbonyl (C=O) groups is 1. The first-order chi connectivity index (χ1) is 18.5. The molecular formula is C29H20ClFN4O3. The van der Waals surface area contributed by atoms with Gasteiger partial charge in [0, 0.05) is 16.1 Å². The van der Waals surface area contributed by atoms with Gasteiger partial charge in [0.15, 0.2) is 12.4 Å². The van der Waals surface area contributed by atoms with Crippen LogP contribution in [0.2, 0.25) is 5.02 Å². The third kappa shape index (κ3) is 5.45.